The largest absolute Gasteiger partial charge is 0.368 e. The van der Waals surface area contributed by atoms with Crippen molar-refractivity contribution >= 4 is 39.1 Å². The Morgan fingerprint density at radius 1 is 1.00 bits per heavy atom. The molecule has 0 bridgehead atoms. The second-order valence-electron chi connectivity index (χ2n) is 7.84. The Kier molecular flexibility index (Phi) is 5.63. The van der Waals surface area contributed by atoms with E-state index in [1.54, 1.807) is 4.90 Å². The van der Waals surface area contributed by atoms with Crippen LogP contribution in [0.4, 0.5) is 11.4 Å². The van der Waals surface area contributed by atoms with E-state index in [-0.39, 0.29) is 18.4 Å². The third-order valence-corrected chi connectivity index (χ3v) is 6.58. The Labute approximate surface area is 180 Å². The number of halogens is 1. The van der Waals surface area contributed by atoms with Gasteiger partial charge in [0, 0.05) is 48.4 Å². The van der Waals surface area contributed by atoms with E-state index in [4.69, 9.17) is 0 Å². The molecule has 2 aliphatic heterocycles. The number of hydrogen-bond donors (Lipinski definition) is 0. The number of amides is 2. The number of hydrogen-bond acceptors (Lipinski definition) is 3. The van der Waals surface area contributed by atoms with Crippen LogP contribution in [0, 0.1) is 13.8 Å². The van der Waals surface area contributed by atoms with Crippen molar-refractivity contribution in [3.05, 3.63) is 57.6 Å². The third kappa shape index (κ3) is 4.04. The molecule has 152 valence electrons. The predicted octanol–water partition coefficient (Wildman–Crippen LogP) is 3.69. The summed E-state index contributed by atoms with van der Waals surface area (Å²) >= 11 is 3.49. The van der Waals surface area contributed by atoms with Gasteiger partial charge in [0.05, 0.1) is 0 Å². The van der Waals surface area contributed by atoms with Gasteiger partial charge in [0.1, 0.15) is 6.54 Å². The van der Waals surface area contributed by atoms with Gasteiger partial charge in [-0.05, 0) is 61.2 Å². The lowest BCUT2D eigenvalue weighted by molar-refractivity contribution is -0.131. The standard InChI is InChI=1S/C23H26BrN3O2/c1-16-4-3-5-20(17(16)2)25-10-12-26(13-11-25)23(29)15-27-21-8-7-19(24)14-18(21)6-9-22(27)28/h3-5,7-8,14H,6,9-13,15H2,1-2H3. The molecular weight excluding hydrogens is 430 g/mol. The zero-order valence-corrected chi connectivity index (χ0v) is 18.5. The minimum Gasteiger partial charge on any atom is -0.368 e. The second kappa shape index (κ2) is 8.19. The van der Waals surface area contributed by atoms with Crippen LogP contribution in [-0.2, 0) is 16.0 Å². The SMILES string of the molecule is Cc1cccc(N2CCN(C(=O)CN3C(=O)CCc4cc(Br)ccc43)CC2)c1C. The van der Waals surface area contributed by atoms with Crippen LogP contribution in [0.2, 0.25) is 0 Å². The molecular formula is C23H26BrN3O2. The first-order valence-corrected chi connectivity index (χ1v) is 10.9. The molecule has 2 amide bonds. The number of carbonyl (C=O) groups is 2. The molecule has 0 radical (unpaired) electrons. The zero-order chi connectivity index (χ0) is 20.5. The Hall–Kier alpha value is -2.34. The normalized spacial score (nSPS) is 16.8. The van der Waals surface area contributed by atoms with Gasteiger partial charge >= 0.3 is 0 Å². The van der Waals surface area contributed by atoms with Crippen molar-refractivity contribution in [2.75, 3.05) is 42.5 Å². The quantitative estimate of drug-likeness (QED) is 0.708. The van der Waals surface area contributed by atoms with Crippen molar-refractivity contribution in [2.24, 2.45) is 0 Å². The Morgan fingerprint density at radius 3 is 2.52 bits per heavy atom. The fourth-order valence-electron chi connectivity index (χ4n) is 4.21. The van der Waals surface area contributed by atoms with E-state index < -0.39 is 0 Å². The summed E-state index contributed by atoms with van der Waals surface area (Å²) in [6.07, 6.45) is 1.18. The molecule has 1 saturated heterocycles. The van der Waals surface area contributed by atoms with Crippen LogP contribution in [0.1, 0.15) is 23.1 Å². The molecule has 0 aliphatic carbocycles. The van der Waals surface area contributed by atoms with Gasteiger partial charge in [0.25, 0.3) is 0 Å². The van der Waals surface area contributed by atoms with Crippen molar-refractivity contribution in [3.63, 3.8) is 0 Å². The molecule has 29 heavy (non-hydrogen) atoms. The molecule has 0 N–H and O–H groups in total. The van der Waals surface area contributed by atoms with E-state index in [1.165, 1.54) is 16.8 Å². The highest BCUT2D eigenvalue weighted by Gasteiger charge is 2.29. The zero-order valence-electron chi connectivity index (χ0n) is 16.9. The second-order valence-corrected chi connectivity index (χ2v) is 8.76. The third-order valence-electron chi connectivity index (χ3n) is 6.08. The van der Waals surface area contributed by atoms with Crippen molar-refractivity contribution in [1.82, 2.24) is 4.90 Å². The lowest BCUT2D eigenvalue weighted by Crippen LogP contribution is -2.52. The average molecular weight is 456 g/mol. The molecule has 6 heteroatoms. The number of aryl methyl sites for hydroxylation is 2. The number of piperazine rings is 1. The number of nitrogens with zero attached hydrogens (tertiary/aromatic N) is 3. The van der Waals surface area contributed by atoms with E-state index >= 15 is 0 Å². The topological polar surface area (TPSA) is 43.9 Å². The highest BCUT2D eigenvalue weighted by molar-refractivity contribution is 9.10. The fraction of sp³-hybridized carbons (Fsp3) is 0.391. The Morgan fingerprint density at radius 2 is 1.76 bits per heavy atom. The molecule has 1 fully saturated rings. The summed E-state index contributed by atoms with van der Waals surface area (Å²) in [5.41, 5.74) is 5.82. The van der Waals surface area contributed by atoms with Gasteiger partial charge in [-0.15, -0.1) is 0 Å². The molecule has 4 rings (SSSR count). The van der Waals surface area contributed by atoms with Crippen LogP contribution in [0.15, 0.2) is 40.9 Å². The molecule has 2 heterocycles. The molecule has 2 aromatic rings. The van der Waals surface area contributed by atoms with Gasteiger partial charge in [-0.2, -0.15) is 0 Å². The maximum Gasteiger partial charge on any atom is 0.242 e. The van der Waals surface area contributed by atoms with Crippen LogP contribution < -0.4 is 9.80 Å². The van der Waals surface area contributed by atoms with Gasteiger partial charge in [0.15, 0.2) is 0 Å². The summed E-state index contributed by atoms with van der Waals surface area (Å²) in [4.78, 5) is 31.4. The van der Waals surface area contributed by atoms with Crippen LogP contribution in [0.5, 0.6) is 0 Å². The van der Waals surface area contributed by atoms with E-state index in [0.717, 1.165) is 35.2 Å². The predicted molar refractivity (Wildman–Crippen MR) is 120 cm³/mol. The van der Waals surface area contributed by atoms with Gasteiger partial charge in [-0.1, -0.05) is 28.1 Å². The van der Waals surface area contributed by atoms with Crippen LogP contribution >= 0.6 is 15.9 Å². The molecule has 2 aliphatic rings. The summed E-state index contributed by atoms with van der Waals surface area (Å²) in [6.45, 7) is 7.39. The molecule has 0 spiro atoms. The highest BCUT2D eigenvalue weighted by atomic mass is 79.9. The monoisotopic (exact) mass is 455 g/mol. The van der Waals surface area contributed by atoms with Crippen molar-refractivity contribution in [1.29, 1.82) is 0 Å². The minimum atomic E-state index is 0.0229. The lowest BCUT2D eigenvalue weighted by atomic mass is 10.0. The molecule has 0 unspecified atom stereocenters. The van der Waals surface area contributed by atoms with Crippen LogP contribution in [-0.4, -0.2) is 49.4 Å². The summed E-state index contributed by atoms with van der Waals surface area (Å²) in [5, 5.41) is 0. The highest BCUT2D eigenvalue weighted by Crippen LogP contribution is 2.30. The Bertz CT molecular complexity index is 951. The van der Waals surface area contributed by atoms with Gasteiger partial charge in [0.2, 0.25) is 11.8 Å². The number of carbonyl (C=O) groups excluding carboxylic acids is 2. The fourth-order valence-corrected chi connectivity index (χ4v) is 4.62. The van der Waals surface area contributed by atoms with E-state index in [2.05, 4.69) is 52.9 Å². The average Bonchev–Trinajstić information content (AvgIpc) is 2.72. The minimum absolute atomic E-state index is 0.0229. The number of benzene rings is 2. The number of rotatable bonds is 3. The Balaban J connectivity index is 1.42. The molecule has 0 saturated carbocycles. The first-order valence-electron chi connectivity index (χ1n) is 10.1. The van der Waals surface area contributed by atoms with Crippen molar-refractivity contribution < 1.29 is 9.59 Å². The van der Waals surface area contributed by atoms with Gasteiger partial charge in [-0.3, -0.25) is 9.59 Å². The maximum atomic E-state index is 13.0. The van der Waals surface area contributed by atoms with Crippen LogP contribution in [0.25, 0.3) is 0 Å². The summed E-state index contributed by atoms with van der Waals surface area (Å²) in [7, 11) is 0. The van der Waals surface area contributed by atoms with E-state index in [9.17, 15) is 9.59 Å². The van der Waals surface area contributed by atoms with Gasteiger partial charge < -0.3 is 14.7 Å². The van der Waals surface area contributed by atoms with Crippen molar-refractivity contribution in [3.8, 4) is 0 Å². The smallest absolute Gasteiger partial charge is 0.242 e. The molecule has 2 aromatic carbocycles. The van der Waals surface area contributed by atoms with Crippen molar-refractivity contribution in [2.45, 2.75) is 26.7 Å². The van der Waals surface area contributed by atoms with Crippen LogP contribution in [0.3, 0.4) is 0 Å². The summed E-state index contributed by atoms with van der Waals surface area (Å²) in [6, 6.07) is 12.3. The molecule has 0 aromatic heterocycles. The summed E-state index contributed by atoms with van der Waals surface area (Å²) in [5.74, 6) is 0.0527. The number of anilines is 2. The molecule has 5 nitrogen and oxygen atoms in total. The maximum absolute atomic E-state index is 13.0. The lowest BCUT2D eigenvalue weighted by Gasteiger charge is -2.38. The molecule has 0 atom stereocenters. The van der Waals surface area contributed by atoms with E-state index in [1.807, 2.05) is 23.1 Å². The number of fused-ring (bicyclic) bond motifs is 1. The van der Waals surface area contributed by atoms with E-state index in [0.29, 0.717) is 19.5 Å². The first kappa shape index (κ1) is 20.0. The van der Waals surface area contributed by atoms with Gasteiger partial charge in [-0.25, -0.2) is 0 Å². The summed E-state index contributed by atoms with van der Waals surface area (Å²) < 4.78 is 0.999. The first-order chi connectivity index (χ1) is 13.9.